The highest BCUT2D eigenvalue weighted by Gasteiger charge is 2.16. The molecule has 3 rings (SSSR count). The van der Waals surface area contributed by atoms with Gasteiger partial charge in [0.25, 0.3) is 5.22 Å². The molecule has 0 bridgehead atoms. The van der Waals surface area contributed by atoms with Gasteiger partial charge in [0.2, 0.25) is 5.89 Å². The second-order valence-electron chi connectivity index (χ2n) is 4.62. The van der Waals surface area contributed by atoms with E-state index in [-0.39, 0.29) is 5.25 Å². The van der Waals surface area contributed by atoms with Crippen LogP contribution in [0.25, 0.3) is 0 Å². The Morgan fingerprint density at radius 1 is 1.27 bits per heavy atom. The van der Waals surface area contributed by atoms with Gasteiger partial charge >= 0.3 is 0 Å². The third kappa shape index (κ3) is 3.66. The van der Waals surface area contributed by atoms with Crippen LogP contribution in [0.5, 0.6) is 0 Å². The van der Waals surface area contributed by atoms with Gasteiger partial charge in [-0.3, -0.25) is 0 Å². The van der Waals surface area contributed by atoms with E-state index < -0.39 is 0 Å². The van der Waals surface area contributed by atoms with Crippen molar-refractivity contribution in [2.24, 2.45) is 0 Å². The van der Waals surface area contributed by atoms with Gasteiger partial charge in [-0.2, -0.15) is 5.10 Å². The average Bonchev–Trinajstić information content (AvgIpc) is 3.18. The van der Waals surface area contributed by atoms with Crippen LogP contribution < -0.4 is 0 Å². The molecule has 0 saturated heterocycles. The molecule has 1 unspecified atom stereocenters. The Morgan fingerprint density at radius 3 is 2.77 bits per heavy atom. The van der Waals surface area contributed by atoms with Crippen molar-refractivity contribution in [3.63, 3.8) is 0 Å². The molecule has 0 N–H and O–H groups in total. The molecule has 0 saturated carbocycles. The lowest BCUT2D eigenvalue weighted by molar-refractivity contribution is 0.397. The molecule has 8 heteroatoms. The lowest BCUT2D eigenvalue weighted by atomic mass is 10.1. The van der Waals surface area contributed by atoms with Crippen LogP contribution in [0.15, 0.2) is 46.6 Å². The zero-order chi connectivity index (χ0) is 15.4. The fraction of sp³-hybridized carbons (Fsp3) is 0.286. The number of thioether (sulfide) groups is 1. The third-order valence-electron chi connectivity index (χ3n) is 3.07. The van der Waals surface area contributed by atoms with Gasteiger partial charge in [0.1, 0.15) is 19.2 Å². The molecule has 3 aromatic rings. The molecule has 0 aliphatic rings. The first-order valence-electron chi connectivity index (χ1n) is 6.81. The third-order valence-corrected chi connectivity index (χ3v) is 4.58. The maximum absolute atomic E-state index is 5.93. The van der Waals surface area contributed by atoms with Gasteiger partial charge in [-0.15, -0.1) is 10.2 Å². The largest absolute Gasteiger partial charge is 0.414 e. The topological polar surface area (TPSA) is 69.6 Å². The van der Waals surface area contributed by atoms with Crippen LogP contribution >= 0.6 is 23.4 Å². The summed E-state index contributed by atoms with van der Waals surface area (Å²) in [5, 5.41) is 13.7. The van der Waals surface area contributed by atoms with E-state index in [9.17, 15) is 0 Å². The number of hydrogen-bond donors (Lipinski definition) is 0. The molecule has 2 aromatic heterocycles. The summed E-state index contributed by atoms with van der Waals surface area (Å²) in [4.78, 5) is 3.88. The second kappa shape index (κ2) is 6.93. The predicted octanol–water partition coefficient (Wildman–Crippen LogP) is 3.61. The maximum atomic E-state index is 5.93. The standard InChI is InChI=1S/C14H14ClN5OS/c1-2-12(10-3-5-11(15)6-4-10)22-14-19-18-13(21-14)7-20-9-16-8-17-20/h3-6,8-9,12H,2,7H2,1H3. The number of aromatic nitrogens is 5. The fourth-order valence-electron chi connectivity index (χ4n) is 1.99. The van der Waals surface area contributed by atoms with Crippen molar-refractivity contribution in [1.82, 2.24) is 25.0 Å². The van der Waals surface area contributed by atoms with E-state index in [1.54, 1.807) is 22.8 Å². The Hall–Kier alpha value is -1.86. The van der Waals surface area contributed by atoms with Gasteiger partial charge in [0.15, 0.2) is 0 Å². The van der Waals surface area contributed by atoms with Crippen molar-refractivity contribution in [3.8, 4) is 0 Å². The van der Waals surface area contributed by atoms with Crippen molar-refractivity contribution in [3.05, 3.63) is 53.4 Å². The van der Waals surface area contributed by atoms with Gasteiger partial charge in [0.05, 0.1) is 0 Å². The first kappa shape index (κ1) is 15.1. The highest BCUT2D eigenvalue weighted by Crippen LogP contribution is 2.37. The van der Waals surface area contributed by atoms with E-state index in [1.165, 1.54) is 11.9 Å². The quantitative estimate of drug-likeness (QED) is 0.641. The summed E-state index contributed by atoms with van der Waals surface area (Å²) in [7, 11) is 0. The molecule has 0 spiro atoms. The van der Waals surface area contributed by atoms with Crippen molar-refractivity contribution < 1.29 is 4.42 Å². The van der Waals surface area contributed by atoms with E-state index in [1.807, 2.05) is 24.3 Å². The minimum Gasteiger partial charge on any atom is -0.414 e. The lowest BCUT2D eigenvalue weighted by Crippen LogP contribution is -1.99. The van der Waals surface area contributed by atoms with Crippen molar-refractivity contribution in [1.29, 1.82) is 0 Å². The van der Waals surface area contributed by atoms with E-state index >= 15 is 0 Å². The Kier molecular flexibility index (Phi) is 4.74. The van der Waals surface area contributed by atoms with Crippen LogP contribution in [0.1, 0.15) is 30.0 Å². The van der Waals surface area contributed by atoms with Crippen LogP contribution in [0.4, 0.5) is 0 Å². The van der Waals surface area contributed by atoms with Crippen molar-refractivity contribution in [2.75, 3.05) is 0 Å². The molecule has 0 fully saturated rings. The number of nitrogens with zero attached hydrogens (tertiary/aromatic N) is 5. The Balaban J connectivity index is 1.68. The van der Waals surface area contributed by atoms with Gasteiger partial charge in [-0.1, -0.05) is 42.4 Å². The smallest absolute Gasteiger partial charge is 0.277 e. The summed E-state index contributed by atoms with van der Waals surface area (Å²) in [6.45, 7) is 2.55. The summed E-state index contributed by atoms with van der Waals surface area (Å²) in [5.74, 6) is 0.513. The van der Waals surface area contributed by atoms with Crippen molar-refractivity contribution >= 4 is 23.4 Å². The molecule has 22 heavy (non-hydrogen) atoms. The SMILES string of the molecule is CCC(Sc1nnc(Cn2cncn2)o1)c1ccc(Cl)cc1. The zero-order valence-electron chi connectivity index (χ0n) is 11.9. The van der Waals surface area contributed by atoms with Crippen LogP contribution in [-0.4, -0.2) is 25.0 Å². The number of hydrogen-bond acceptors (Lipinski definition) is 6. The van der Waals surface area contributed by atoms with Gasteiger partial charge in [-0.25, -0.2) is 9.67 Å². The summed E-state index contributed by atoms with van der Waals surface area (Å²) < 4.78 is 7.30. The monoisotopic (exact) mass is 335 g/mol. The highest BCUT2D eigenvalue weighted by molar-refractivity contribution is 7.99. The molecule has 1 atom stereocenters. The normalized spacial score (nSPS) is 12.5. The van der Waals surface area contributed by atoms with Gasteiger partial charge < -0.3 is 4.42 Å². The highest BCUT2D eigenvalue weighted by atomic mass is 35.5. The lowest BCUT2D eigenvalue weighted by Gasteiger charge is -2.12. The average molecular weight is 336 g/mol. The number of benzene rings is 1. The Morgan fingerprint density at radius 2 is 2.09 bits per heavy atom. The molecule has 2 heterocycles. The minimum atomic E-state index is 0.247. The summed E-state index contributed by atoms with van der Waals surface area (Å²) in [6, 6.07) is 7.83. The van der Waals surface area contributed by atoms with E-state index in [4.69, 9.17) is 16.0 Å². The molecular formula is C14H14ClN5OS. The zero-order valence-corrected chi connectivity index (χ0v) is 13.5. The van der Waals surface area contributed by atoms with Gasteiger partial charge in [-0.05, 0) is 24.1 Å². The molecule has 114 valence electrons. The second-order valence-corrected chi connectivity index (χ2v) is 6.21. The van der Waals surface area contributed by atoms with Gasteiger partial charge in [0, 0.05) is 10.3 Å². The minimum absolute atomic E-state index is 0.247. The predicted molar refractivity (Wildman–Crippen MR) is 83.8 cm³/mol. The van der Waals surface area contributed by atoms with E-state index in [0.29, 0.717) is 17.7 Å². The van der Waals surface area contributed by atoms with Crippen LogP contribution in [0.2, 0.25) is 5.02 Å². The molecule has 0 aliphatic heterocycles. The first-order valence-corrected chi connectivity index (χ1v) is 8.07. The Bertz CT molecular complexity index is 713. The molecule has 0 radical (unpaired) electrons. The molecule has 0 amide bonds. The fourth-order valence-corrected chi connectivity index (χ4v) is 3.05. The maximum Gasteiger partial charge on any atom is 0.277 e. The number of halogens is 1. The van der Waals surface area contributed by atoms with E-state index in [0.717, 1.165) is 11.4 Å². The molecule has 1 aromatic carbocycles. The molecule has 6 nitrogen and oxygen atoms in total. The van der Waals surface area contributed by atoms with Crippen LogP contribution in [0.3, 0.4) is 0 Å². The summed E-state index contributed by atoms with van der Waals surface area (Å²) in [5.41, 5.74) is 1.19. The Labute approximate surface area is 136 Å². The molecule has 0 aliphatic carbocycles. The summed E-state index contributed by atoms with van der Waals surface area (Å²) in [6.07, 6.45) is 4.03. The van der Waals surface area contributed by atoms with Crippen LogP contribution in [-0.2, 0) is 6.54 Å². The number of rotatable bonds is 6. The summed E-state index contributed by atoms with van der Waals surface area (Å²) >= 11 is 7.48. The van der Waals surface area contributed by atoms with Crippen molar-refractivity contribution in [2.45, 2.75) is 30.4 Å². The van der Waals surface area contributed by atoms with Crippen LogP contribution in [0, 0.1) is 0 Å². The molecular weight excluding hydrogens is 322 g/mol. The first-order chi connectivity index (χ1) is 10.7. The van der Waals surface area contributed by atoms with E-state index in [2.05, 4.69) is 27.2 Å².